The molecule has 0 saturated heterocycles. The van der Waals surface area contributed by atoms with Crippen LogP contribution in [0.1, 0.15) is 47.0 Å². The van der Waals surface area contributed by atoms with Crippen molar-refractivity contribution in [1.82, 2.24) is 5.32 Å². The van der Waals surface area contributed by atoms with Crippen LogP contribution < -0.4 is 5.32 Å². The number of carboxylic acid groups (broad SMARTS) is 1. The second-order valence-electron chi connectivity index (χ2n) is 6.00. The molecule has 0 aliphatic heterocycles. The van der Waals surface area contributed by atoms with E-state index in [1.54, 1.807) is 13.8 Å². The highest BCUT2D eigenvalue weighted by atomic mass is 16.4. The fourth-order valence-electron chi connectivity index (χ4n) is 2.58. The van der Waals surface area contributed by atoms with Gasteiger partial charge in [-0.1, -0.05) is 34.1 Å². The number of hydrogen-bond donors (Lipinski definition) is 2. The summed E-state index contributed by atoms with van der Waals surface area (Å²) in [5.41, 5.74) is -0.00981. The standard InChI is InChI=1S/C13H23NO3/c1-8(2)10(12(16)17)14-11(15)9-6-5-7-13(9,3)4/h8-10H,5-7H2,1-4H3,(H,14,15)(H,16,17)/t9?,10-/m1/s1. The number of aliphatic carboxylic acids is 1. The molecule has 17 heavy (non-hydrogen) atoms. The molecule has 0 aromatic carbocycles. The molecule has 1 rings (SSSR count). The summed E-state index contributed by atoms with van der Waals surface area (Å²) >= 11 is 0. The van der Waals surface area contributed by atoms with Crippen molar-refractivity contribution >= 4 is 11.9 Å². The van der Waals surface area contributed by atoms with Crippen LogP contribution in [-0.2, 0) is 9.59 Å². The Balaban J connectivity index is 2.68. The Morgan fingerprint density at radius 3 is 2.29 bits per heavy atom. The lowest BCUT2D eigenvalue weighted by molar-refractivity contribution is -0.144. The van der Waals surface area contributed by atoms with E-state index in [1.807, 2.05) is 0 Å². The number of hydrogen-bond acceptors (Lipinski definition) is 2. The third-order valence-electron chi connectivity index (χ3n) is 3.80. The van der Waals surface area contributed by atoms with Crippen LogP contribution >= 0.6 is 0 Å². The summed E-state index contributed by atoms with van der Waals surface area (Å²) in [4.78, 5) is 23.1. The van der Waals surface area contributed by atoms with Crippen LogP contribution in [0.15, 0.2) is 0 Å². The Kier molecular flexibility index (Phi) is 4.17. The zero-order chi connectivity index (χ0) is 13.2. The molecule has 0 aromatic heterocycles. The van der Waals surface area contributed by atoms with Gasteiger partial charge in [-0.05, 0) is 24.2 Å². The summed E-state index contributed by atoms with van der Waals surface area (Å²) in [6.45, 7) is 7.77. The molecule has 2 atom stereocenters. The molecule has 0 radical (unpaired) electrons. The molecule has 1 unspecified atom stereocenters. The first-order valence-corrected chi connectivity index (χ1v) is 6.29. The maximum atomic E-state index is 12.1. The number of amides is 1. The third-order valence-corrected chi connectivity index (χ3v) is 3.80. The minimum Gasteiger partial charge on any atom is -0.480 e. The normalized spacial score (nSPS) is 24.6. The van der Waals surface area contributed by atoms with Gasteiger partial charge >= 0.3 is 5.97 Å². The van der Waals surface area contributed by atoms with Gasteiger partial charge in [0.05, 0.1) is 0 Å². The fourth-order valence-corrected chi connectivity index (χ4v) is 2.58. The van der Waals surface area contributed by atoms with Crippen LogP contribution in [-0.4, -0.2) is 23.0 Å². The fraction of sp³-hybridized carbons (Fsp3) is 0.846. The van der Waals surface area contributed by atoms with Gasteiger partial charge in [0.25, 0.3) is 0 Å². The number of carboxylic acids is 1. The SMILES string of the molecule is CC(C)[C@@H](NC(=O)C1CCCC1(C)C)C(=O)O. The van der Waals surface area contributed by atoms with E-state index in [4.69, 9.17) is 5.11 Å². The van der Waals surface area contributed by atoms with E-state index in [-0.39, 0.29) is 23.2 Å². The number of rotatable bonds is 4. The van der Waals surface area contributed by atoms with Gasteiger partial charge < -0.3 is 10.4 Å². The van der Waals surface area contributed by atoms with Gasteiger partial charge in [0.1, 0.15) is 6.04 Å². The van der Waals surface area contributed by atoms with Gasteiger partial charge in [0.2, 0.25) is 5.91 Å². The van der Waals surface area contributed by atoms with E-state index in [9.17, 15) is 9.59 Å². The van der Waals surface area contributed by atoms with Crippen molar-refractivity contribution in [2.45, 2.75) is 53.0 Å². The van der Waals surface area contributed by atoms with E-state index in [2.05, 4.69) is 19.2 Å². The summed E-state index contributed by atoms with van der Waals surface area (Å²) in [5.74, 6) is -1.21. The Labute approximate surface area is 103 Å². The van der Waals surface area contributed by atoms with Gasteiger partial charge in [0.15, 0.2) is 0 Å². The molecule has 1 amide bonds. The molecule has 0 heterocycles. The minimum absolute atomic E-state index is 0.00981. The summed E-state index contributed by atoms with van der Waals surface area (Å²) in [5, 5.41) is 11.7. The van der Waals surface area contributed by atoms with Crippen molar-refractivity contribution in [1.29, 1.82) is 0 Å². The summed E-state index contributed by atoms with van der Waals surface area (Å²) < 4.78 is 0. The molecule has 0 aromatic rings. The van der Waals surface area contributed by atoms with E-state index < -0.39 is 12.0 Å². The summed E-state index contributed by atoms with van der Waals surface area (Å²) in [6.07, 6.45) is 2.94. The average Bonchev–Trinajstić information content (AvgIpc) is 2.53. The van der Waals surface area contributed by atoms with Crippen molar-refractivity contribution < 1.29 is 14.7 Å². The average molecular weight is 241 g/mol. The number of carbonyl (C=O) groups is 2. The molecule has 1 fully saturated rings. The van der Waals surface area contributed by atoms with Gasteiger partial charge in [-0.3, -0.25) is 4.79 Å². The second-order valence-corrected chi connectivity index (χ2v) is 6.00. The molecule has 0 bridgehead atoms. The molecular formula is C13H23NO3. The van der Waals surface area contributed by atoms with Gasteiger partial charge in [-0.15, -0.1) is 0 Å². The predicted molar refractivity (Wildman–Crippen MR) is 65.5 cm³/mol. The zero-order valence-electron chi connectivity index (χ0n) is 11.1. The topological polar surface area (TPSA) is 66.4 Å². The summed E-state index contributed by atoms with van der Waals surface area (Å²) in [7, 11) is 0. The van der Waals surface area contributed by atoms with Gasteiger partial charge in [0, 0.05) is 5.92 Å². The van der Waals surface area contributed by atoms with Crippen LogP contribution in [0.3, 0.4) is 0 Å². The molecule has 2 N–H and O–H groups in total. The molecule has 98 valence electrons. The highest BCUT2D eigenvalue weighted by Crippen LogP contribution is 2.42. The quantitative estimate of drug-likeness (QED) is 0.791. The molecule has 4 heteroatoms. The lowest BCUT2D eigenvalue weighted by Gasteiger charge is -2.28. The Hall–Kier alpha value is -1.06. The largest absolute Gasteiger partial charge is 0.480 e. The first-order chi connectivity index (χ1) is 7.75. The maximum absolute atomic E-state index is 12.1. The first kappa shape index (κ1) is 14.0. The lowest BCUT2D eigenvalue weighted by atomic mass is 9.81. The summed E-state index contributed by atoms with van der Waals surface area (Å²) in [6, 6.07) is -0.779. The Bertz CT molecular complexity index is 310. The molecule has 1 aliphatic rings. The van der Waals surface area contributed by atoms with Crippen molar-refractivity contribution in [3.63, 3.8) is 0 Å². The van der Waals surface area contributed by atoms with Crippen LogP contribution in [0.25, 0.3) is 0 Å². The Morgan fingerprint density at radius 1 is 1.35 bits per heavy atom. The van der Waals surface area contributed by atoms with Crippen LogP contribution in [0.5, 0.6) is 0 Å². The Morgan fingerprint density at radius 2 is 1.94 bits per heavy atom. The highest BCUT2D eigenvalue weighted by Gasteiger charge is 2.40. The number of carbonyl (C=O) groups excluding carboxylic acids is 1. The zero-order valence-corrected chi connectivity index (χ0v) is 11.1. The maximum Gasteiger partial charge on any atom is 0.326 e. The smallest absolute Gasteiger partial charge is 0.326 e. The van der Waals surface area contributed by atoms with Crippen molar-refractivity contribution in [2.75, 3.05) is 0 Å². The predicted octanol–water partition coefficient (Wildman–Crippen LogP) is 2.04. The van der Waals surface area contributed by atoms with Crippen molar-refractivity contribution in [2.24, 2.45) is 17.3 Å². The monoisotopic (exact) mass is 241 g/mol. The molecule has 0 spiro atoms. The van der Waals surface area contributed by atoms with Gasteiger partial charge in [-0.2, -0.15) is 0 Å². The van der Waals surface area contributed by atoms with E-state index in [0.29, 0.717) is 0 Å². The highest BCUT2D eigenvalue weighted by molar-refractivity contribution is 5.85. The van der Waals surface area contributed by atoms with E-state index in [0.717, 1.165) is 19.3 Å². The molecular weight excluding hydrogens is 218 g/mol. The lowest BCUT2D eigenvalue weighted by Crippen LogP contribution is -2.48. The molecule has 4 nitrogen and oxygen atoms in total. The van der Waals surface area contributed by atoms with Crippen molar-refractivity contribution in [3.05, 3.63) is 0 Å². The molecule has 1 aliphatic carbocycles. The van der Waals surface area contributed by atoms with Gasteiger partial charge in [-0.25, -0.2) is 4.79 Å². The van der Waals surface area contributed by atoms with Crippen LogP contribution in [0, 0.1) is 17.3 Å². The van der Waals surface area contributed by atoms with E-state index >= 15 is 0 Å². The first-order valence-electron chi connectivity index (χ1n) is 6.29. The molecule has 1 saturated carbocycles. The minimum atomic E-state index is -0.954. The second kappa shape index (κ2) is 5.07. The van der Waals surface area contributed by atoms with Crippen molar-refractivity contribution in [3.8, 4) is 0 Å². The number of nitrogens with one attached hydrogen (secondary N) is 1. The third kappa shape index (κ3) is 3.20. The van der Waals surface area contributed by atoms with Crippen LogP contribution in [0.2, 0.25) is 0 Å². The van der Waals surface area contributed by atoms with Crippen LogP contribution in [0.4, 0.5) is 0 Å². The van der Waals surface area contributed by atoms with E-state index in [1.165, 1.54) is 0 Å².